The van der Waals surface area contributed by atoms with Crippen LogP contribution in [-0.4, -0.2) is 47.7 Å². The summed E-state index contributed by atoms with van der Waals surface area (Å²) < 4.78 is 5.38. The normalized spacial score (nSPS) is 19.2. The first-order valence-electron chi connectivity index (χ1n) is 11.8. The Morgan fingerprint density at radius 2 is 2.26 bits per heavy atom. The molecule has 184 valence electrons. The number of thiophene rings is 1. The van der Waals surface area contributed by atoms with Crippen LogP contribution in [0.4, 0.5) is 0 Å². The number of likely N-dealkylation sites (tertiary alicyclic amines) is 1. The smallest absolute Gasteiger partial charge is 0.303 e. The van der Waals surface area contributed by atoms with Gasteiger partial charge in [-0.2, -0.15) is 0 Å². The Kier molecular flexibility index (Phi) is 8.64. The summed E-state index contributed by atoms with van der Waals surface area (Å²) in [6.07, 6.45) is 4.30. The number of benzene rings is 1. The Bertz CT molecular complexity index is 1220. The van der Waals surface area contributed by atoms with E-state index in [1.54, 1.807) is 24.6 Å². The first kappa shape index (κ1) is 25.5. The summed E-state index contributed by atoms with van der Waals surface area (Å²) in [7, 11) is 1.63. The van der Waals surface area contributed by atoms with Gasteiger partial charge >= 0.3 is 5.97 Å². The number of rotatable bonds is 8. The molecule has 1 aromatic carbocycles. The van der Waals surface area contributed by atoms with Gasteiger partial charge in [0.2, 0.25) is 0 Å². The molecule has 1 aliphatic heterocycles. The van der Waals surface area contributed by atoms with Gasteiger partial charge in [-0.1, -0.05) is 29.5 Å². The van der Waals surface area contributed by atoms with Crippen molar-refractivity contribution in [1.82, 2.24) is 9.88 Å². The van der Waals surface area contributed by atoms with E-state index < -0.39 is 5.97 Å². The maximum Gasteiger partial charge on any atom is 0.303 e. The van der Waals surface area contributed by atoms with Crippen LogP contribution in [0, 0.1) is 23.7 Å². The van der Waals surface area contributed by atoms with Gasteiger partial charge in [-0.05, 0) is 72.9 Å². The molecule has 35 heavy (non-hydrogen) atoms. The molecule has 0 radical (unpaired) electrons. The molecule has 8 heteroatoms. The van der Waals surface area contributed by atoms with Gasteiger partial charge < -0.3 is 15.6 Å². The van der Waals surface area contributed by atoms with Crippen LogP contribution < -0.4 is 10.5 Å². The van der Waals surface area contributed by atoms with Gasteiger partial charge in [0.25, 0.3) is 0 Å². The van der Waals surface area contributed by atoms with Gasteiger partial charge in [0.05, 0.1) is 29.1 Å². The number of fused-ring (bicyclic) bond motifs is 1. The average Bonchev–Trinajstić information content (AvgIpc) is 3.36. The second-order valence-electron chi connectivity index (χ2n) is 9.01. The standard InChI is InChI=1S/C27H30ClN3O3S/c1-34-20-7-9-25-22(15-20)27(23(28)16-30-25)24(29)8-6-18-10-12-31(17-19(18)14-26(32)33)11-2-4-21-5-3-13-35-21/h3,5,7,9,13,15-16,18-19,24H,6,8,10-12,14,17,29H2,1H3,(H,32,33). The Labute approximate surface area is 215 Å². The Morgan fingerprint density at radius 3 is 3.00 bits per heavy atom. The fourth-order valence-corrected chi connectivity index (χ4v) is 5.82. The number of carboxylic acids is 1. The minimum Gasteiger partial charge on any atom is -0.497 e. The molecule has 3 heterocycles. The number of pyridine rings is 1. The molecular formula is C27H30ClN3O3S. The van der Waals surface area contributed by atoms with E-state index in [2.05, 4.69) is 21.7 Å². The monoisotopic (exact) mass is 511 g/mol. The van der Waals surface area contributed by atoms with Crippen molar-refractivity contribution in [2.24, 2.45) is 17.6 Å². The predicted octanol–water partition coefficient (Wildman–Crippen LogP) is 5.20. The lowest BCUT2D eigenvalue weighted by Crippen LogP contribution is -2.41. The van der Waals surface area contributed by atoms with Crippen LogP contribution in [0.25, 0.3) is 10.9 Å². The number of halogens is 1. The van der Waals surface area contributed by atoms with Crippen LogP contribution in [0.2, 0.25) is 5.02 Å². The molecule has 6 nitrogen and oxygen atoms in total. The van der Waals surface area contributed by atoms with E-state index in [4.69, 9.17) is 22.1 Å². The molecule has 3 atom stereocenters. The third kappa shape index (κ3) is 6.53. The fourth-order valence-electron chi connectivity index (χ4n) is 4.93. The van der Waals surface area contributed by atoms with Crippen LogP contribution in [-0.2, 0) is 4.79 Å². The zero-order valence-corrected chi connectivity index (χ0v) is 21.3. The molecule has 2 aromatic heterocycles. The number of ether oxygens (including phenoxy) is 1. The second-order valence-corrected chi connectivity index (χ2v) is 10.4. The van der Waals surface area contributed by atoms with Crippen LogP contribution in [0.1, 0.15) is 42.2 Å². The van der Waals surface area contributed by atoms with Crippen molar-refractivity contribution < 1.29 is 14.6 Å². The highest BCUT2D eigenvalue weighted by atomic mass is 35.5. The number of carbonyl (C=O) groups is 1. The van der Waals surface area contributed by atoms with E-state index in [0.29, 0.717) is 17.5 Å². The van der Waals surface area contributed by atoms with E-state index in [-0.39, 0.29) is 18.4 Å². The van der Waals surface area contributed by atoms with E-state index >= 15 is 0 Å². The third-order valence-electron chi connectivity index (χ3n) is 6.74. The first-order chi connectivity index (χ1) is 16.9. The molecule has 0 bridgehead atoms. The SMILES string of the molecule is COc1ccc2ncc(Cl)c(C(N)CCC3CCN(CC#Cc4cccs4)CC3CC(=O)O)c2c1. The van der Waals surface area contributed by atoms with Crippen LogP contribution in [0.3, 0.4) is 0 Å². The molecule has 0 aliphatic carbocycles. The zero-order valence-electron chi connectivity index (χ0n) is 19.7. The van der Waals surface area contributed by atoms with Gasteiger partial charge in [0, 0.05) is 30.6 Å². The van der Waals surface area contributed by atoms with Crippen molar-refractivity contribution in [1.29, 1.82) is 0 Å². The summed E-state index contributed by atoms with van der Waals surface area (Å²) in [6.45, 7) is 2.30. The number of hydrogen-bond acceptors (Lipinski definition) is 6. The number of aliphatic carboxylic acids is 1. The zero-order chi connectivity index (χ0) is 24.8. The molecule has 1 aliphatic rings. The van der Waals surface area contributed by atoms with Gasteiger partial charge in [-0.15, -0.1) is 11.3 Å². The number of nitrogens with zero attached hydrogens (tertiary/aromatic N) is 2. The maximum absolute atomic E-state index is 11.6. The molecular weight excluding hydrogens is 482 g/mol. The maximum atomic E-state index is 11.6. The summed E-state index contributed by atoms with van der Waals surface area (Å²) in [5, 5.41) is 13.0. The van der Waals surface area contributed by atoms with Gasteiger partial charge in [-0.3, -0.25) is 14.7 Å². The number of hydrogen-bond donors (Lipinski definition) is 2. The predicted molar refractivity (Wildman–Crippen MR) is 141 cm³/mol. The molecule has 1 fully saturated rings. The quantitative estimate of drug-likeness (QED) is 0.404. The van der Waals surface area contributed by atoms with Crippen molar-refractivity contribution in [3.63, 3.8) is 0 Å². The third-order valence-corrected chi connectivity index (χ3v) is 7.82. The molecule has 0 spiro atoms. The fraction of sp³-hybridized carbons (Fsp3) is 0.407. The molecule has 0 saturated carbocycles. The first-order valence-corrected chi connectivity index (χ1v) is 13.0. The lowest BCUT2D eigenvalue weighted by atomic mass is 9.79. The number of aromatic nitrogens is 1. The average molecular weight is 512 g/mol. The Balaban J connectivity index is 1.42. The van der Waals surface area contributed by atoms with E-state index in [1.165, 1.54) is 0 Å². The highest BCUT2D eigenvalue weighted by Gasteiger charge is 2.31. The van der Waals surface area contributed by atoms with Crippen molar-refractivity contribution in [2.75, 3.05) is 26.7 Å². The molecule has 4 rings (SSSR count). The lowest BCUT2D eigenvalue weighted by Gasteiger charge is -2.37. The van der Waals surface area contributed by atoms with Gasteiger partial charge in [0.15, 0.2) is 0 Å². The van der Waals surface area contributed by atoms with E-state index in [0.717, 1.165) is 59.4 Å². The number of methoxy groups -OCH3 is 1. The van der Waals surface area contributed by atoms with Gasteiger partial charge in [-0.25, -0.2) is 0 Å². The molecule has 1 saturated heterocycles. The molecule has 3 unspecified atom stereocenters. The molecule has 3 aromatic rings. The van der Waals surface area contributed by atoms with Gasteiger partial charge in [0.1, 0.15) is 5.75 Å². The highest BCUT2D eigenvalue weighted by molar-refractivity contribution is 7.10. The summed E-state index contributed by atoms with van der Waals surface area (Å²) in [5.41, 5.74) is 8.35. The van der Waals surface area contributed by atoms with Crippen molar-refractivity contribution in [2.45, 2.75) is 31.7 Å². The van der Waals surface area contributed by atoms with Crippen LogP contribution in [0.15, 0.2) is 41.9 Å². The Hall–Kier alpha value is -2.63. The van der Waals surface area contributed by atoms with E-state index in [9.17, 15) is 9.90 Å². The summed E-state index contributed by atoms with van der Waals surface area (Å²) in [4.78, 5) is 19.3. The number of piperidine rings is 1. The topological polar surface area (TPSA) is 88.7 Å². The summed E-state index contributed by atoms with van der Waals surface area (Å²) in [6, 6.07) is 9.42. The second kappa shape index (κ2) is 11.9. The number of carboxylic acid groups (broad SMARTS) is 1. The van der Waals surface area contributed by atoms with E-state index in [1.807, 2.05) is 35.7 Å². The minimum absolute atomic E-state index is 0.0711. The van der Waals surface area contributed by atoms with Crippen molar-refractivity contribution >= 4 is 39.8 Å². The lowest BCUT2D eigenvalue weighted by molar-refractivity contribution is -0.139. The summed E-state index contributed by atoms with van der Waals surface area (Å²) in [5.74, 6) is 6.76. The minimum atomic E-state index is -0.758. The Morgan fingerprint density at radius 1 is 1.40 bits per heavy atom. The van der Waals surface area contributed by atoms with Crippen LogP contribution in [0.5, 0.6) is 5.75 Å². The number of nitrogens with two attached hydrogens (primary N) is 1. The van der Waals surface area contributed by atoms with Crippen molar-refractivity contribution in [3.05, 3.63) is 57.4 Å². The van der Waals surface area contributed by atoms with Crippen molar-refractivity contribution in [3.8, 4) is 17.6 Å². The van der Waals surface area contributed by atoms with Crippen LogP contribution >= 0.6 is 22.9 Å². The highest BCUT2D eigenvalue weighted by Crippen LogP contribution is 2.36. The summed E-state index contributed by atoms with van der Waals surface area (Å²) >= 11 is 8.17. The molecule has 3 N–H and O–H groups in total. The largest absolute Gasteiger partial charge is 0.497 e. The molecule has 0 amide bonds.